The first kappa shape index (κ1) is 16.8. The molecule has 0 saturated heterocycles. The zero-order valence-corrected chi connectivity index (χ0v) is 14.8. The van der Waals surface area contributed by atoms with E-state index in [2.05, 4.69) is 10.3 Å². The van der Waals surface area contributed by atoms with Gasteiger partial charge in [-0.2, -0.15) is 0 Å². The minimum atomic E-state index is -0.331. The summed E-state index contributed by atoms with van der Waals surface area (Å²) < 4.78 is 0. The first-order valence-electron chi connectivity index (χ1n) is 8.72. The Bertz CT molecular complexity index is 1180. The van der Waals surface area contributed by atoms with Gasteiger partial charge in [-0.05, 0) is 42.3 Å². The maximum absolute atomic E-state index is 12.7. The van der Waals surface area contributed by atoms with Crippen LogP contribution in [0.2, 0.25) is 0 Å². The number of para-hydroxylation sites is 1. The van der Waals surface area contributed by atoms with E-state index in [1.165, 1.54) is 0 Å². The van der Waals surface area contributed by atoms with Gasteiger partial charge < -0.3 is 10.3 Å². The molecule has 4 aromatic rings. The molecule has 1 aromatic heterocycles. The van der Waals surface area contributed by atoms with Crippen LogP contribution in [0, 0.1) is 6.92 Å². The molecule has 0 fully saturated rings. The number of hydrogen-bond donors (Lipinski definition) is 2. The Morgan fingerprint density at radius 1 is 0.815 bits per heavy atom. The minimum absolute atomic E-state index is 0.131. The van der Waals surface area contributed by atoms with Crippen LogP contribution in [0.15, 0.2) is 83.7 Å². The maximum atomic E-state index is 12.7. The summed E-state index contributed by atoms with van der Waals surface area (Å²) in [5.41, 5.74) is 4.08. The molecule has 4 rings (SSSR count). The summed E-state index contributed by atoms with van der Waals surface area (Å²) in [6.07, 6.45) is 0. The number of aromatic amines is 1. The van der Waals surface area contributed by atoms with E-state index in [-0.39, 0.29) is 17.0 Å². The second-order valence-electron chi connectivity index (χ2n) is 6.40. The molecule has 4 nitrogen and oxygen atoms in total. The van der Waals surface area contributed by atoms with Gasteiger partial charge in [-0.3, -0.25) is 9.59 Å². The molecule has 0 atom stereocenters. The molecule has 0 spiro atoms. The molecule has 4 heteroatoms. The first-order chi connectivity index (χ1) is 13.1. The maximum Gasteiger partial charge on any atom is 0.272 e. The molecule has 1 heterocycles. The minimum Gasteiger partial charge on any atom is -0.350 e. The SMILES string of the molecule is Cc1c(C(=O)Nc2ccc(-c3ccccc3)cc2)[nH]c2ccccc2c1=O. The van der Waals surface area contributed by atoms with E-state index in [1.807, 2.05) is 66.7 Å². The molecule has 132 valence electrons. The van der Waals surface area contributed by atoms with Crippen molar-refractivity contribution < 1.29 is 4.79 Å². The largest absolute Gasteiger partial charge is 0.350 e. The van der Waals surface area contributed by atoms with Crippen LogP contribution in [0.3, 0.4) is 0 Å². The topological polar surface area (TPSA) is 62.0 Å². The summed E-state index contributed by atoms with van der Waals surface area (Å²) in [4.78, 5) is 28.3. The molecule has 0 aliphatic heterocycles. The predicted octanol–water partition coefficient (Wildman–Crippen LogP) is 4.76. The van der Waals surface area contributed by atoms with Gasteiger partial charge in [0.1, 0.15) is 5.69 Å². The monoisotopic (exact) mass is 354 g/mol. The Hall–Kier alpha value is -3.66. The summed E-state index contributed by atoms with van der Waals surface area (Å²) in [5, 5.41) is 3.44. The molecule has 3 aromatic carbocycles. The van der Waals surface area contributed by atoms with Crippen LogP contribution in [-0.2, 0) is 0 Å². The number of fused-ring (bicyclic) bond motifs is 1. The highest BCUT2D eigenvalue weighted by atomic mass is 16.2. The van der Waals surface area contributed by atoms with Crippen molar-refractivity contribution in [3.8, 4) is 11.1 Å². The lowest BCUT2D eigenvalue weighted by molar-refractivity contribution is 0.102. The molecule has 0 radical (unpaired) electrons. The quantitative estimate of drug-likeness (QED) is 0.557. The van der Waals surface area contributed by atoms with Gasteiger partial charge in [-0.1, -0.05) is 54.6 Å². The van der Waals surface area contributed by atoms with E-state index in [0.717, 1.165) is 11.1 Å². The molecule has 0 aliphatic carbocycles. The van der Waals surface area contributed by atoms with Crippen LogP contribution in [0.5, 0.6) is 0 Å². The van der Waals surface area contributed by atoms with Crippen molar-refractivity contribution in [1.82, 2.24) is 4.98 Å². The van der Waals surface area contributed by atoms with Crippen LogP contribution < -0.4 is 10.7 Å². The predicted molar refractivity (Wildman–Crippen MR) is 109 cm³/mol. The van der Waals surface area contributed by atoms with Gasteiger partial charge in [-0.15, -0.1) is 0 Å². The fourth-order valence-electron chi connectivity index (χ4n) is 3.13. The highest BCUT2D eigenvalue weighted by Crippen LogP contribution is 2.21. The standard InChI is InChI=1S/C23H18N2O2/c1-15-21(25-20-10-6-5-9-19(20)22(15)26)23(27)24-18-13-11-17(12-14-18)16-7-3-2-4-8-16/h2-14H,1H3,(H,24,27)(H,25,26). The highest BCUT2D eigenvalue weighted by molar-refractivity contribution is 6.05. The van der Waals surface area contributed by atoms with Gasteiger partial charge in [-0.25, -0.2) is 0 Å². The molecular weight excluding hydrogens is 336 g/mol. The molecule has 0 bridgehead atoms. The third kappa shape index (κ3) is 3.25. The third-order valence-corrected chi connectivity index (χ3v) is 4.62. The fraction of sp³-hybridized carbons (Fsp3) is 0.0435. The highest BCUT2D eigenvalue weighted by Gasteiger charge is 2.15. The number of carbonyl (C=O) groups excluding carboxylic acids is 1. The van der Waals surface area contributed by atoms with E-state index >= 15 is 0 Å². The van der Waals surface area contributed by atoms with Crippen LogP contribution in [0.1, 0.15) is 16.1 Å². The summed E-state index contributed by atoms with van der Waals surface area (Å²) in [6, 6.07) is 24.9. The summed E-state index contributed by atoms with van der Waals surface area (Å²) in [5.74, 6) is -0.331. The van der Waals surface area contributed by atoms with Gasteiger partial charge in [0.25, 0.3) is 5.91 Å². The van der Waals surface area contributed by atoms with Gasteiger partial charge in [0.15, 0.2) is 5.43 Å². The third-order valence-electron chi connectivity index (χ3n) is 4.62. The van der Waals surface area contributed by atoms with Crippen molar-refractivity contribution in [2.24, 2.45) is 0 Å². The number of H-pyrrole nitrogens is 1. The lowest BCUT2D eigenvalue weighted by Crippen LogP contribution is -2.20. The number of hydrogen-bond acceptors (Lipinski definition) is 2. The number of nitrogens with one attached hydrogen (secondary N) is 2. The molecule has 2 N–H and O–H groups in total. The number of carbonyl (C=O) groups is 1. The van der Waals surface area contributed by atoms with Crippen molar-refractivity contribution in [3.05, 3.63) is 100 Å². The molecule has 0 saturated carbocycles. The molecule has 0 aliphatic rings. The lowest BCUT2D eigenvalue weighted by Gasteiger charge is -2.10. The summed E-state index contributed by atoms with van der Waals surface area (Å²) >= 11 is 0. The molecule has 27 heavy (non-hydrogen) atoms. The summed E-state index contributed by atoms with van der Waals surface area (Å²) in [7, 11) is 0. The average Bonchev–Trinajstić information content (AvgIpc) is 2.72. The van der Waals surface area contributed by atoms with Crippen molar-refractivity contribution in [2.75, 3.05) is 5.32 Å². The number of rotatable bonds is 3. The van der Waals surface area contributed by atoms with E-state index in [4.69, 9.17) is 0 Å². The Labute approximate surface area is 156 Å². The van der Waals surface area contributed by atoms with E-state index in [1.54, 1.807) is 19.1 Å². The van der Waals surface area contributed by atoms with E-state index in [0.29, 0.717) is 22.2 Å². The molecule has 1 amide bonds. The van der Waals surface area contributed by atoms with Crippen LogP contribution in [0.4, 0.5) is 5.69 Å². The first-order valence-corrected chi connectivity index (χ1v) is 8.72. The second kappa shape index (κ2) is 6.92. The Morgan fingerprint density at radius 3 is 2.19 bits per heavy atom. The molecule has 0 unspecified atom stereocenters. The van der Waals surface area contributed by atoms with Gasteiger partial charge in [0, 0.05) is 22.2 Å². The van der Waals surface area contributed by atoms with Gasteiger partial charge >= 0.3 is 0 Å². The number of anilines is 1. The van der Waals surface area contributed by atoms with E-state index < -0.39 is 0 Å². The van der Waals surface area contributed by atoms with Crippen molar-refractivity contribution in [3.63, 3.8) is 0 Å². The van der Waals surface area contributed by atoms with E-state index in [9.17, 15) is 9.59 Å². The van der Waals surface area contributed by atoms with Crippen molar-refractivity contribution in [2.45, 2.75) is 6.92 Å². The van der Waals surface area contributed by atoms with Gasteiger partial charge in [0.05, 0.1) is 0 Å². The Morgan fingerprint density at radius 2 is 1.44 bits per heavy atom. The smallest absolute Gasteiger partial charge is 0.272 e. The lowest BCUT2D eigenvalue weighted by atomic mass is 10.1. The van der Waals surface area contributed by atoms with Crippen molar-refractivity contribution in [1.29, 1.82) is 0 Å². The number of pyridine rings is 1. The van der Waals surface area contributed by atoms with Crippen LogP contribution in [-0.4, -0.2) is 10.9 Å². The second-order valence-corrected chi connectivity index (χ2v) is 6.40. The Kier molecular flexibility index (Phi) is 4.30. The number of benzene rings is 3. The fourth-order valence-corrected chi connectivity index (χ4v) is 3.13. The average molecular weight is 354 g/mol. The van der Waals surface area contributed by atoms with Crippen LogP contribution >= 0.6 is 0 Å². The zero-order chi connectivity index (χ0) is 18.8. The van der Waals surface area contributed by atoms with Gasteiger partial charge in [0.2, 0.25) is 0 Å². The zero-order valence-electron chi connectivity index (χ0n) is 14.8. The Balaban J connectivity index is 1.62. The van der Waals surface area contributed by atoms with Crippen molar-refractivity contribution >= 4 is 22.5 Å². The number of aromatic nitrogens is 1. The normalized spacial score (nSPS) is 10.7. The van der Waals surface area contributed by atoms with Crippen LogP contribution in [0.25, 0.3) is 22.0 Å². The molecular formula is C23H18N2O2. The number of amides is 1. The summed E-state index contributed by atoms with van der Waals surface area (Å²) in [6.45, 7) is 1.67.